The summed E-state index contributed by atoms with van der Waals surface area (Å²) < 4.78 is 1.04. The van der Waals surface area contributed by atoms with Crippen LogP contribution in [0.15, 0.2) is 53.0 Å². The number of rotatable bonds is 1. The molecule has 2 aromatic carbocycles. The first kappa shape index (κ1) is 10.9. The average Bonchev–Trinajstić information content (AvgIpc) is 2.67. The molecule has 0 saturated carbocycles. The smallest absolute Gasteiger partial charge is 0.213 e. The van der Waals surface area contributed by atoms with Crippen LogP contribution in [0, 0.1) is 0 Å². The Kier molecular flexibility index (Phi) is 2.53. The minimum Gasteiger partial charge on any atom is -0.345 e. The summed E-state index contributed by atoms with van der Waals surface area (Å²) in [5.74, 6) is 0. The van der Waals surface area contributed by atoms with Crippen molar-refractivity contribution in [2.24, 2.45) is 0 Å². The lowest BCUT2D eigenvalue weighted by molar-refractivity contribution is 0.838. The van der Waals surface area contributed by atoms with Crippen molar-refractivity contribution in [3.8, 4) is 0 Å². The normalized spacial score (nSPS) is 15.9. The van der Waals surface area contributed by atoms with Crippen molar-refractivity contribution in [2.45, 2.75) is 5.12 Å². The number of halogens is 2. The monoisotopic (exact) mass is 308 g/mol. The molecule has 0 aliphatic carbocycles. The maximum Gasteiger partial charge on any atom is 0.213 e. The Morgan fingerprint density at radius 3 is 1.94 bits per heavy atom. The zero-order valence-corrected chi connectivity index (χ0v) is 11.2. The van der Waals surface area contributed by atoms with Crippen LogP contribution in [0.3, 0.4) is 0 Å². The SMILES string of the molecule is ClC1(c2ccc(Br)cc2)Nc2ccccc2N1. The highest BCUT2D eigenvalue weighted by atomic mass is 79.9. The maximum absolute atomic E-state index is 6.58. The number of para-hydroxylation sites is 2. The zero-order chi connectivity index (χ0) is 11.9. The lowest BCUT2D eigenvalue weighted by Gasteiger charge is -2.23. The van der Waals surface area contributed by atoms with Crippen LogP contribution in [-0.2, 0) is 5.12 Å². The highest BCUT2D eigenvalue weighted by Gasteiger charge is 2.35. The minimum atomic E-state index is -0.760. The Morgan fingerprint density at radius 2 is 1.41 bits per heavy atom. The van der Waals surface area contributed by atoms with Crippen LogP contribution in [0.25, 0.3) is 0 Å². The highest BCUT2D eigenvalue weighted by molar-refractivity contribution is 9.10. The van der Waals surface area contributed by atoms with E-state index in [1.807, 2.05) is 48.5 Å². The minimum absolute atomic E-state index is 0.760. The summed E-state index contributed by atoms with van der Waals surface area (Å²) in [6, 6.07) is 15.9. The third-order valence-corrected chi connectivity index (χ3v) is 3.72. The molecule has 2 nitrogen and oxygen atoms in total. The van der Waals surface area contributed by atoms with Crippen molar-refractivity contribution < 1.29 is 0 Å². The summed E-state index contributed by atoms with van der Waals surface area (Å²) in [5, 5.41) is 5.81. The first-order valence-electron chi connectivity index (χ1n) is 5.28. The Hall–Kier alpha value is -1.19. The van der Waals surface area contributed by atoms with E-state index in [0.717, 1.165) is 21.4 Å². The van der Waals surface area contributed by atoms with Gasteiger partial charge in [0.15, 0.2) is 0 Å². The van der Waals surface area contributed by atoms with Gasteiger partial charge in [-0.2, -0.15) is 0 Å². The third-order valence-electron chi connectivity index (χ3n) is 2.78. The second kappa shape index (κ2) is 3.93. The van der Waals surface area contributed by atoms with Gasteiger partial charge >= 0.3 is 0 Å². The van der Waals surface area contributed by atoms with Crippen molar-refractivity contribution in [3.63, 3.8) is 0 Å². The number of anilines is 2. The van der Waals surface area contributed by atoms with Crippen LogP contribution >= 0.6 is 27.5 Å². The largest absolute Gasteiger partial charge is 0.345 e. The molecule has 2 aromatic rings. The lowest BCUT2D eigenvalue weighted by Crippen LogP contribution is -2.31. The summed E-state index contributed by atoms with van der Waals surface area (Å²) in [6.45, 7) is 0. The average molecular weight is 310 g/mol. The van der Waals surface area contributed by atoms with Gasteiger partial charge in [0, 0.05) is 10.0 Å². The molecule has 17 heavy (non-hydrogen) atoms. The third kappa shape index (κ3) is 1.90. The number of alkyl halides is 1. The Balaban J connectivity index is 1.98. The molecule has 1 aliphatic rings. The summed E-state index contributed by atoms with van der Waals surface area (Å²) in [7, 11) is 0. The molecule has 0 saturated heterocycles. The maximum atomic E-state index is 6.58. The highest BCUT2D eigenvalue weighted by Crippen LogP contribution is 2.41. The van der Waals surface area contributed by atoms with Crippen LogP contribution in [0.2, 0.25) is 0 Å². The topological polar surface area (TPSA) is 24.1 Å². The summed E-state index contributed by atoms with van der Waals surface area (Å²) in [4.78, 5) is 0. The second-order valence-electron chi connectivity index (χ2n) is 3.96. The molecule has 0 spiro atoms. The van der Waals surface area contributed by atoms with Crippen LogP contribution in [-0.4, -0.2) is 0 Å². The van der Waals surface area contributed by atoms with Gasteiger partial charge in [0.2, 0.25) is 5.12 Å². The molecule has 0 unspecified atom stereocenters. The van der Waals surface area contributed by atoms with Crippen LogP contribution in [0.1, 0.15) is 5.56 Å². The molecule has 0 bridgehead atoms. The molecule has 0 amide bonds. The second-order valence-corrected chi connectivity index (χ2v) is 5.44. The quantitative estimate of drug-likeness (QED) is 0.605. The van der Waals surface area contributed by atoms with Gasteiger partial charge in [0.05, 0.1) is 11.4 Å². The van der Waals surface area contributed by atoms with Crippen molar-refractivity contribution in [1.29, 1.82) is 0 Å². The lowest BCUT2D eigenvalue weighted by atomic mass is 10.2. The van der Waals surface area contributed by atoms with E-state index in [0.29, 0.717) is 0 Å². The molecular formula is C13H10BrClN2. The van der Waals surface area contributed by atoms with E-state index in [-0.39, 0.29) is 0 Å². The molecule has 0 aromatic heterocycles. The molecule has 0 radical (unpaired) electrons. The van der Waals surface area contributed by atoms with Crippen molar-refractivity contribution >= 4 is 38.9 Å². The molecule has 0 fully saturated rings. The molecule has 1 aliphatic heterocycles. The van der Waals surface area contributed by atoms with E-state index in [9.17, 15) is 0 Å². The Labute approximate surface area is 113 Å². The Bertz CT molecular complexity index is 529. The van der Waals surface area contributed by atoms with E-state index >= 15 is 0 Å². The molecule has 3 rings (SSSR count). The number of hydrogen-bond donors (Lipinski definition) is 2. The molecular weight excluding hydrogens is 300 g/mol. The van der Waals surface area contributed by atoms with Gasteiger partial charge in [-0.1, -0.05) is 51.8 Å². The molecule has 0 atom stereocenters. The van der Waals surface area contributed by atoms with Crippen molar-refractivity contribution in [2.75, 3.05) is 10.6 Å². The van der Waals surface area contributed by atoms with Gasteiger partial charge in [-0.25, -0.2) is 0 Å². The number of fused-ring (bicyclic) bond motifs is 1. The molecule has 1 heterocycles. The molecule has 86 valence electrons. The van der Waals surface area contributed by atoms with E-state index in [4.69, 9.17) is 11.6 Å². The number of nitrogens with one attached hydrogen (secondary N) is 2. The molecule has 2 N–H and O–H groups in total. The van der Waals surface area contributed by atoms with E-state index in [2.05, 4.69) is 26.6 Å². The van der Waals surface area contributed by atoms with Gasteiger partial charge in [-0.05, 0) is 24.3 Å². The first-order chi connectivity index (χ1) is 8.17. The number of hydrogen-bond acceptors (Lipinski definition) is 2. The summed E-state index contributed by atoms with van der Waals surface area (Å²) in [5.41, 5.74) is 3.02. The van der Waals surface area contributed by atoms with Crippen LogP contribution < -0.4 is 10.6 Å². The van der Waals surface area contributed by atoms with Crippen LogP contribution in [0.4, 0.5) is 11.4 Å². The fraction of sp³-hybridized carbons (Fsp3) is 0.0769. The first-order valence-corrected chi connectivity index (χ1v) is 6.45. The summed E-state index contributed by atoms with van der Waals surface area (Å²) in [6.07, 6.45) is 0. The fourth-order valence-corrected chi connectivity index (χ4v) is 2.52. The van der Waals surface area contributed by atoms with Crippen LogP contribution in [0.5, 0.6) is 0 Å². The Morgan fingerprint density at radius 1 is 0.882 bits per heavy atom. The van der Waals surface area contributed by atoms with Gasteiger partial charge in [-0.15, -0.1) is 0 Å². The predicted octanol–water partition coefficient (Wildman–Crippen LogP) is 4.34. The van der Waals surface area contributed by atoms with Crippen molar-refractivity contribution in [1.82, 2.24) is 0 Å². The van der Waals surface area contributed by atoms with Gasteiger partial charge < -0.3 is 10.6 Å². The standard InChI is InChI=1S/C13H10BrClN2/c14-10-7-5-9(6-8-10)13(15)16-11-3-1-2-4-12(11)17-13/h1-8,16-17H. The van der Waals surface area contributed by atoms with Gasteiger partial charge in [0.25, 0.3) is 0 Å². The predicted molar refractivity (Wildman–Crippen MR) is 75.4 cm³/mol. The fourth-order valence-electron chi connectivity index (χ4n) is 1.93. The van der Waals surface area contributed by atoms with Crippen molar-refractivity contribution in [3.05, 3.63) is 58.6 Å². The zero-order valence-electron chi connectivity index (χ0n) is 8.87. The van der Waals surface area contributed by atoms with E-state index in [1.54, 1.807) is 0 Å². The summed E-state index contributed by atoms with van der Waals surface area (Å²) >= 11 is 9.99. The van der Waals surface area contributed by atoms with E-state index < -0.39 is 5.12 Å². The van der Waals surface area contributed by atoms with Gasteiger partial charge in [-0.3, -0.25) is 0 Å². The molecule has 4 heteroatoms. The van der Waals surface area contributed by atoms with Gasteiger partial charge in [0.1, 0.15) is 0 Å². The van der Waals surface area contributed by atoms with E-state index in [1.165, 1.54) is 0 Å². The number of benzene rings is 2.